The third-order valence-corrected chi connectivity index (χ3v) is 2.90. The van der Waals surface area contributed by atoms with E-state index in [1.165, 1.54) is 6.20 Å². The van der Waals surface area contributed by atoms with Gasteiger partial charge in [-0.1, -0.05) is 0 Å². The van der Waals surface area contributed by atoms with E-state index in [0.717, 1.165) is 0 Å². The van der Waals surface area contributed by atoms with Gasteiger partial charge in [0.1, 0.15) is 5.82 Å². The van der Waals surface area contributed by atoms with Crippen molar-refractivity contribution in [1.82, 2.24) is 9.88 Å². The van der Waals surface area contributed by atoms with Crippen LogP contribution in [0.1, 0.15) is 24.2 Å². The fraction of sp³-hybridized carbons (Fsp3) is 0.500. The first-order valence-corrected chi connectivity index (χ1v) is 5.72. The average molecular weight is 235 g/mol. The first kappa shape index (κ1) is 11.9. The average Bonchev–Trinajstić information content (AvgIpc) is 2.32. The lowest BCUT2D eigenvalue weighted by Crippen LogP contribution is -2.50. The molecule has 2 unspecified atom stereocenters. The molecule has 2 heterocycles. The summed E-state index contributed by atoms with van der Waals surface area (Å²) in [6.07, 6.45) is 1.60. The van der Waals surface area contributed by atoms with E-state index in [-0.39, 0.29) is 18.1 Å². The molecular weight excluding hydrogens is 218 g/mol. The van der Waals surface area contributed by atoms with Gasteiger partial charge >= 0.3 is 0 Å². The topological polar surface area (TPSA) is 68.5 Å². The second-order valence-electron chi connectivity index (χ2n) is 4.42. The van der Waals surface area contributed by atoms with Crippen molar-refractivity contribution in [2.45, 2.75) is 26.0 Å². The molecule has 0 aromatic carbocycles. The zero-order valence-corrected chi connectivity index (χ0v) is 10.1. The van der Waals surface area contributed by atoms with Crippen molar-refractivity contribution in [3.63, 3.8) is 0 Å². The minimum absolute atomic E-state index is 0.0137. The van der Waals surface area contributed by atoms with Crippen LogP contribution in [0.5, 0.6) is 0 Å². The molecule has 0 radical (unpaired) electrons. The summed E-state index contributed by atoms with van der Waals surface area (Å²) in [7, 11) is 0. The predicted octanol–water partition coefficient (Wildman–Crippen LogP) is 0.913. The zero-order chi connectivity index (χ0) is 12.4. The fourth-order valence-electron chi connectivity index (χ4n) is 1.88. The molecule has 5 heteroatoms. The smallest absolute Gasteiger partial charge is 0.255 e. The number of aromatic nitrogens is 1. The Balaban J connectivity index is 2.15. The van der Waals surface area contributed by atoms with E-state index in [0.29, 0.717) is 24.5 Å². The molecule has 0 bridgehead atoms. The minimum Gasteiger partial charge on any atom is -0.384 e. The van der Waals surface area contributed by atoms with Crippen LogP contribution in [-0.2, 0) is 4.74 Å². The largest absolute Gasteiger partial charge is 0.384 e. The molecular formula is C12H17N3O2. The van der Waals surface area contributed by atoms with E-state index in [9.17, 15) is 4.79 Å². The van der Waals surface area contributed by atoms with E-state index in [4.69, 9.17) is 10.5 Å². The highest BCUT2D eigenvalue weighted by atomic mass is 16.5. The number of carbonyl (C=O) groups is 1. The van der Waals surface area contributed by atoms with Crippen LogP contribution in [0.25, 0.3) is 0 Å². The Morgan fingerprint density at radius 2 is 2.29 bits per heavy atom. The second-order valence-corrected chi connectivity index (χ2v) is 4.42. The van der Waals surface area contributed by atoms with E-state index >= 15 is 0 Å². The summed E-state index contributed by atoms with van der Waals surface area (Å²) in [4.78, 5) is 18.0. The lowest BCUT2D eigenvalue weighted by atomic mass is 10.1. The van der Waals surface area contributed by atoms with E-state index in [1.54, 1.807) is 12.1 Å². The van der Waals surface area contributed by atoms with Crippen molar-refractivity contribution in [3.05, 3.63) is 23.9 Å². The van der Waals surface area contributed by atoms with Crippen LogP contribution in [0.4, 0.5) is 5.82 Å². The number of hydrogen-bond donors (Lipinski definition) is 1. The number of nitrogens with two attached hydrogens (primary N) is 1. The van der Waals surface area contributed by atoms with Crippen molar-refractivity contribution < 1.29 is 9.53 Å². The lowest BCUT2D eigenvalue weighted by molar-refractivity contribution is -0.0387. The number of hydrogen-bond acceptors (Lipinski definition) is 4. The van der Waals surface area contributed by atoms with Gasteiger partial charge in [-0.05, 0) is 26.0 Å². The van der Waals surface area contributed by atoms with Gasteiger partial charge in [-0.15, -0.1) is 0 Å². The molecule has 0 aliphatic carbocycles. The van der Waals surface area contributed by atoms with Gasteiger partial charge in [0.15, 0.2) is 0 Å². The molecule has 1 saturated heterocycles. The van der Waals surface area contributed by atoms with E-state index in [1.807, 2.05) is 18.7 Å². The van der Waals surface area contributed by atoms with Crippen molar-refractivity contribution in [1.29, 1.82) is 0 Å². The summed E-state index contributed by atoms with van der Waals surface area (Å²) in [5.41, 5.74) is 6.07. The normalized spacial score (nSPS) is 24.7. The van der Waals surface area contributed by atoms with Crippen LogP contribution < -0.4 is 5.73 Å². The highest BCUT2D eigenvalue weighted by Gasteiger charge is 2.28. The minimum atomic E-state index is -0.0137. The molecule has 1 aromatic heterocycles. The van der Waals surface area contributed by atoms with E-state index in [2.05, 4.69) is 4.98 Å². The Morgan fingerprint density at radius 3 is 2.94 bits per heavy atom. The number of morpholine rings is 1. The highest BCUT2D eigenvalue weighted by Crippen LogP contribution is 2.15. The first-order chi connectivity index (χ1) is 8.08. The molecule has 17 heavy (non-hydrogen) atoms. The maximum Gasteiger partial charge on any atom is 0.255 e. The molecule has 1 aliphatic rings. The molecule has 2 rings (SSSR count). The summed E-state index contributed by atoms with van der Waals surface area (Å²) < 4.78 is 5.50. The fourth-order valence-corrected chi connectivity index (χ4v) is 1.88. The highest BCUT2D eigenvalue weighted by molar-refractivity contribution is 5.94. The molecule has 0 spiro atoms. The molecule has 1 fully saturated rings. The van der Waals surface area contributed by atoms with Gasteiger partial charge in [-0.2, -0.15) is 0 Å². The molecule has 0 saturated carbocycles. The van der Waals surface area contributed by atoms with Gasteiger partial charge < -0.3 is 15.4 Å². The number of pyridine rings is 1. The third kappa shape index (κ3) is 2.55. The maximum atomic E-state index is 12.3. The number of rotatable bonds is 1. The van der Waals surface area contributed by atoms with Crippen LogP contribution >= 0.6 is 0 Å². The standard InChI is InChI=1S/C12H17N3O2/c1-8-7-17-9(2)6-15(8)12(16)10-3-4-11(13)14-5-10/h3-5,8-9H,6-7H2,1-2H3,(H2,13,14). The number of nitrogens with zero attached hydrogens (tertiary/aromatic N) is 2. The van der Waals surface area contributed by atoms with Gasteiger partial charge in [0.25, 0.3) is 5.91 Å². The van der Waals surface area contributed by atoms with Gasteiger partial charge in [-0.3, -0.25) is 4.79 Å². The lowest BCUT2D eigenvalue weighted by Gasteiger charge is -2.36. The van der Waals surface area contributed by atoms with Crippen molar-refractivity contribution in [3.8, 4) is 0 Å². The monoisotopic (exact) mass is 235 g/mol. The summed E-state index contributed by atoms with van der Waals surface area (Å²) >= 11 is 0. The molecule has 92 valence electrons. The zero-order valence-electron chi connectivity index (χ0n) is 10.1. The van der Waals surface area contributed by atoms with Gasteiger partial charge in [-0.25, -0.2) is 4.98 Å². The number of ether oxygens (including phenoxy) is 1. The van der Waals surface area contributed by atoms with E-state index < -0.39 is 0 Å². The Bertz CT molecular complexity index is 405. The Kier molecular flexibility index (Phi) is 3.28. The Labute approximate surface area is 101 Å². The van der Waals surface area contributed by atoms with Crippen LogP contribution in [0.15, 0.2) is 18.3 Å². The van der Waals surface area contributed by atoms with Gasteiger partial charge in [0.2, 0.25) is 0 Å². The van der Waals surface area contributed by atoms with Crippen LogP contribution in [0.3, 0.4) is 0 Å². The number of nitrogen functional groups attached to an aromatic ring is 1. The van der Waals surface area contributed by atoms with Crippen molar-refractivity contribution in [2.24, 2.45) is 0 Å². The van der Waals surface area contributed by atoms with Gasteiger partial charge in [0.05, 0.1) is 24.3 Å². The summed E-state index contributed by atoms with van der Waals surface area (Å²) in [5, 5.41) is 0. The van der Waals surface area contributed by atoms with Crippen LogP contribution in [0, 0.1) is 0 Å². The number of carbonyl (C=O) groups excluding carboxylic acids is 1. The predicted molar refractivity (Wildman–Crippen MR) is 64.6 cm³/mol. The number of anilines is 1. The second kappa shape index (κ2) is 4.71. The van der Waals surface area contributed by atoms with Crippen LogP contribution in [-0.4, -0.2) is 41.1 Å². The maximum absolute atomic E-state index is 12.3. The molecule has 1 aliphatic heterocycles. The summed E-state index contributed by atoms with van der Waals surface area (Å²) in [6.45, 7) is 5.14. The van der Waals surface area contributed by atoms with Gasteiger partial charge in [0, 0.05) is 12.7 Å². The third-order valence-electron chi connectivity index (χ3n) is 2.90. The molecule has 2 atom stereocenters. The van der Waals surface area contributed by atoms with Crippen molar-refractivity contribution >= 4 is 11.7 Å². The molecule has 5 nitrogen and oxygen atoms in total. The SMILES string of the molecule is CC1CN(C(=O)c2ccc(N)nc2)C(C)CO1. The molecule has 1 aromatic rings. The summed E-state index contributed by atoms with van der Waals surface area (Å²) in [5.74, 6) is 0.407. The Morgan fingerprint density at radius 1 is 1.53 bits per heavy atom. The Hall–Kier alpha value is -1.62. The first-order valence-electron chi connectivity index (χ1n) is 5.72. The molecule has 1 amide bonds. The summed E-state index contributed by atoms with van der Waals surface area (Å²) in [6, 6.07) is 3.44. The quantitative estimate of drug-likeness (QED) is 0.785. The van der Waals surface area contributed by atoms with Crippen molar-refractivity contribution in [2.75, 3.05) is 18.9 Å². The van der Waals surface area contributed by atoms with Crippen LogP contribution in [0.2, 0.25) is 0 Å². The molecule has 2 N–H and O–H groups in total. The number of amides is 1.